The topological polar surface area (TPSA) is 37.0 Å². The molecule has 0 aliphatic carbocycles. The minimum atomic E-state index is 0.845. The van der Waals surface area contributed by atoms with Gasteiger partial charge in [-0.1, -0.05) is 39.5 Å². The lowest BCUT2D eigenvalue weighted by Crippen LogP contribution is -2.03. The van der Waals surface area contributed by atoms with Crippen LogP contribution in [0.25, 0.3) is 0 Å². The Balaban J connectivity index is 2.10. The molecule has 1 heterocycles. The lowest BCUT2D eigenvalue weighted by molar-refractivity contribution is 0.523. The van der Waals surface area contributed by atoms with Crippen LogP contribution in [0, 0.1) is 5.92 Å². The summed E-state index contributed by atoms with van der Waals surface area (Å²) in [6.07, 6.45) is 10.4. The van der Waals surface area contributed by atoms with Crippen LogP contribution in [-0.4, -0.2) is 18.1 Å². The molecule has 2 N–H and O–H groups in total. The van der Waals surface area contributed by atoms with Crippen LogP contribution >= 0.6 is 0 Å². The molecule has 0 bridgehead atoms. The molecule has 0 atom stereocenters. The van der Waals surface area contributed by atoms with E-state index in [1.807, 2.05) is 12.4 Å². The van der Waals surface area contributed by atoms with Crippen molar-refractivity contribution in [1.29, 1.82) is 0 Å². The monoisotopic (exact) mass is 263 g/mol. The summed E-state index contributed by atoms with van der Waals surface area (Å²) in [4.78, 5) is 4.23. The average molecular weight is 263 g/mol. The minimum absolute atomic E-state index is 0.845. The van der Waals surface area contributed by atoms with Crippen molar-refractivity contribution in [3.8, 4) is 0 Å². The summed E-state index contributed by atoms with van der Waals surface area (Å²) in [6.45, 7) is 8.66. The summed E-state index contributed by atoms with van der Waals surface area (Å²) in [5.41, 5.74) is 2.20. The van der Waals surface area contributed by atoms with Gasteiger partial charge in [0.15, 0.2) is 0 Å². The first-order valence-corrected chi connectivity index (χ1v) is 7.65. The Hall–Kier alpha value is -1.25. The van der Waals surface area contributed by atoms with Crippen molar-refractivity contribution >= 4 is 11.4 Å². The van der Waals surface area contributed by atoms with Crippen LogP contribution in [0.5, 0.6) is 0 Å². The molecule has 0 aliphatic rings. The third-order valence-electron chi connectivity index (χ3n) is 3.16. The van der Waals surface area contributed by atoms with E-state index >= 15 is 0 Å². The summed E-state index contributed by atoms with van der Waals surface area (Å²) >= 11 is 0. The van der Waals surface area contributed by atoms with E-state index in [9.17, 15) is 0 Å². The van der Waals surface area contributed by atoms with Crippen molar-refractivity contribution in [2.24, 2.45) is 5.92 Å². The Morgan fingerprint density at radius 1 is 1.00 bits per heavy atom. The van der Waals surface area contributed by atoms with Crippen LogP contribution in [-0.2, 0) is 0 Å². The smallest absolute Gasteiger partial charge is 0.0547 e. The normalized spacial score (nSPS) is 10.7. The van der Waals surface area contributed by atoms with Gasteiger partial charge in [0.25, 0.3) is 0 Å². The predicted octanol–water partition coefficient (Wildman–Crippen LogP) is 4.53. The molecule has 0 fully saturated rings. The number of hydrogen-bond donors (Lipinski definition) is 2. The van der Waals surface area contributed by atoms with Crippen LogP contribution in [0.2, 0.25) is 0 Å². The van der Waals surface area contributed by atoms with Gasteiger partial charge in [-0.05, 0) is 25.3 Å². The van der Waals surface area contributed by atoms with Gasteiger partial charge in [-0.3, -0.25) is 4.98 Å². The van der Waals surface area contributed by atoms with E-state index < -0.39 is 0 Å². The number of pyridine rings is 1. The van der Waals surface area contributed by atoms with Gasteiger partial charge >= 0.3 is 0 Å². The van der Waals surface area contributed by atoms with Crippen molar-refractivity contribution in [1.82, 2.24) is 4.98 Å². The zero-order valence-electron chi connectivity index (χ0n) is 12.7. The molecule has 0 saturated carbocycles. The zero-order valence-corrected chi connectivity index (χ0v) is 12.7. The highest BCUT2D eigenvalue weighted by atomic mass is 14.9. The first-order chi connectivity index (χ1) is 9.22. The Morgan fingerprint density at radius 2 is 1.68 bits per heavy atom. The number of hydrogen-bond acceptors (Lipinski definition) is 3. The fraction of sp³-hybridized carbons (Fsp3) is 0.688. The molecule has 3 heteroatoms. The molecule has 0 aromatic carbocycles. The fourth-order valence-corrected chi connectivity index (χ4v) is 2.10. The van der Waals surface area contributed by atoms with Crippen LogP contribution < -0.4 is 10.6 Å². The number of aromatic nitrogens is 1. The maximum absolute atomic E-state index is 4.23. The summed E-state index contributed by atoms with van der Waals surface area (Å²) in [6, 6.07) is 2.12. The van der Waals surface area contributed by atoms with Gasteiger partial charge in [-0.25, -0.2) is 0 Å². The molecular weight excluding hydrogens is 234 g/mol. The summed E-state index contributed by atoms with van der Waals surface area (Å²) in [5, 5.41) is 6.71. The number of rotatable bonds is 10. The number of nitrogens with zero attached hydrogens (tertiary/aromatic N) is 1. The second-order valence-electron chi connectivity index (χ2n) is 5.52. The highest BCUT2D eigenvalue weighted by Gasteiger charge is 1.97. The fourth-order valence-electron chi connectivity index (χ4n) is 2.10. The Bertz CT molecular complexity index is 337. The lowest BCUT2D eigenvalue weighted by Gasteiger charge is -2.09. The first kappa shape index (κ1) is 15.8. The molecule has 19 heavy (non-hydrogen) atoms. The van der Waals surface area contributed by atoms with E-state index in [-0.39, 0.29) is 0 Å². The molecule has 0 radical (unpaired) electrons. The third-order valence-corrected chi connectivity index (χ3v) is 3.16. The van der Waals surface area contributed by atoms with Crippen molar-refractivity contribution in [2.75, 3.05) is 23.7 Å². The summed E-state index contributed by atoms with van der Waals surface area (Å²) < 4.78 is 0. The number of unbranched alkanes of at least 4 members (excludes halogenated alkanes) is 3. The van der Waals surface area contributed by atoms with Gasteiger partial charge in [-0.15, -0.1) is 0 Å². The first-order valence-electron chi connectivity index (χ1n) is 7.65. The molecule has 0 aliphatic heterocycles. The largest absolute Gasteiger partial charge is 0.384 e. The Labute approximate surface area is 118 Å². The van der Waals surface area contributed by atoms with Gasteiger partial charge in [0.2, 0.25) is 0 Å². The predicted molar refractivity (Wildman–Crippen MR) is 84.8 cm³/mol. The molecule has 108 valence electrons. The molecule has 0 saturated heterocycles. The quantitative estimate of drug-likeness (QED) is 0.609. The number of anilines is 2. The third kappa shape index (κ3) is 7.70. The highest BCUT2D eigenvalue weighted by Crippen LogP contribution is 2.13. The van der Waals surface area contributed by atoms with E-state index in [4.69, 9.17) is 0 Å². The van der Waals surface area contributed by atoms with Crippen molar-refractivity contribution < 1.29 is 0 Å². The van der Waals surface area contributed by atoms with Gasteiger partial charge in [0.05, 0.1) is 23.8 Å². The van der Waals surface area contributed by atoms with E-state index in [2.05, 4.69) is 42.5 Å². The molecule has 1 rings (SSSR count). The molecule has 1 aromatic heterocycles. The van der Waals surface area contributed by atoms with Crippen molar-refractivity contribution in [3.05, 3.63) is 18.5 Å². The van der Waals surface area contributed by atoms with E-state index in [1.54, 1.807) is 0 Å². The van der Waals surface area contributed by atoms with E-state index in [0.717, 1.165) is 30.4 Å². The maximum Gasteiger partial charge on any atom is 0.0547 e. The second-order valence-corrected chi connectivity index (χ2v) is 5.52. The Morgan fingerprint density at radius 3 is 2.37 bits per heavy atom. The van der Waals surface area contributed by atoms with Crippen LogP contribution in [0.1, 0.15) is 52.9 Å². The Kier molecular flexibility index (Phi) is 8.03. The minimum Gasteiger partial charge on any atom is -0.384 e. The lowest BCUT2D eigenvalue weighted by atomic mass is 10.0. The molecule has 1 aromatic rings. The number of nitrogens with one attached hydrogen (secondary N) is 2. The molecule has 0 unspecified atom stereocenters. The SMILES string of the molecule is CCNc1cncc(NCCCCCCC(C)C)c1. The molecular formula is C16H29N3. The van der Waals surface area contributed by atoms with Crippen LogP contribution in [0.15, 0.2) is 18.5 Å². The van der Waals surface area contributed by atoms with Gasteiger partial charge in [-0.2, -0.15) is 0 Å². The van der Waals surface area contributed by atoms with Crippen LogP contribution in [0.4, 0.5) is 11.4 Å². The maximum atomic E-state index is 4.23. The van der Waals surface area contributed by atoms with E-state index in [1.165, 1.54) is 32.1 Å². The highest BCUT2D eigenvalue weighted by molar-refractivity contribution is 5.53. The summed E-state index contributed by atoms with van der Waals surface area (Å²) in [7, 11) is 0. The van der Waals surface area contributed by atoms with Crippen LogP contribution in [0.3, 0.4) is 0 Å². The molecule has 3 nitrogen and oxygen atoms in total. The molecule has 0 amide bonds. The standard InChI is InChI=1S/C16H29N3/c1-4-18-15-11-16(13-17-12-15)19-10-8-6-5-7-9-14(2)3/h11-14,18-19H,4-10H2,1-3H3. The van der Waals surface area contributed by atoms with Gasteiger partial charge < -0.3 is 10.6 Å². The average Bonchev–Trinajstić information content (AvgIpc) is 2.38. The van der Waals surface area contributed by atoms with Crippen molar-refractivity contribution in [3.63, 3.8) is 0 Å². The van der Waals surface area contributed by atoms with Gasteiger partial charge in [0.1, 0.15) is 0 Å². The van der Waals surface area contributed by atoms with E-state index in [0.29, 0.717) is 0 Å². The zero-order chi connectivity index (χ0) is 13.9. The second kappa shape index (κ2) is 9.65. The van der Waals surface area contributed by atoms with Gasteiger partial charge in [0, 0.05) is 13.1 Å². The summed E-state index contributed by atoms with van der Waals surface area (Å²) in [5.74, 6) is 0.845. The molecule has 0 spiro atoms. The van der Waals surface area contributed by atoms with Crippen molar-refractivity contribution in [2.45, 2.75) is 52.9 Å².